The summed E-state index contributed by atoms with van der Waals surface area (Å²) < 4.78 is 5.38. The first-order valence-corrected chi connectivity index (χ1v) is 4.01. The van der Waals surface area contributed by atoms with Gasteiger partial charge in [0.15, 0.2) is 0 Å². The lowest BCUT2D eigenvalue weighted by atomic mass is 10.1. The van der Waals surface area contributed by atoms with Crippen molar-refractivity contribution in [2.24, 2.45) is 0 Å². The summed E-state index contributed by atoms with van der Waals surface area (Å²) in [6.07, 6.45) is 0.174. The van der Waals surface area contributed by atoms with Crippen LogP contribution in [-0.4, -0.2) is 36.1 Å². The molecular formula is C8H15NO2. The Morgan fingerprint density at radius 1 is 1.55 bits per heavy atom. The predicted molar refractivity (Wildman–Crippen MR) is 42.3 cm³/mol. The second-order valence-corrected chi connectivity index (χ2v) is 3.03. The monoisotopic (exact) mass is 157 g/mol. The molecule has 1 heterocycles. The van der Waals surface area contributed by atoms with Crippen LogP contribution in [0.2, 0.25) is 0 Å². The number of carbonyl (C=O) groups is 1. The Hall–Kier alpha value is -0.570. The van der Waals surface area contributed by atoms with Crippen LogP contribution in [-0.2, 0) is 9.53 Å². The summed E-state index contributed by atoms with van der Waals surface area (Å²) in [5.74, 6) is 0.146. The lowest BCUT2D eigenvalue weighted by Gasteiger charge is -2.37. The van der Waals surface area contributed by atoms with Crippen molar-refractivity contribution in [3.8, 4) is 0 Å². The van der Waals surface area contributed by atoms with Crippen molar-refractivity contribution in [3.05, 3.63) is 0 Å². The number of hydrogen-bond donors (Lipinski definition) is 0. The Bertz CT molecular complexity index is 158. The first kappa shape index (κ1) is 8.53. The molecule has 3 heteroatoms. The zero-order chi connectivity index (χ0) is 8.43. The van der Waals surface area contributed by atoms with Gasteiger partial charge in [0.2, 0.25) is 5.91 Å². The molecule has 1 fully saturated rings. The molecule has 0 unspecified atom stereocenters. The van der Waals surface area contributed by atoms with E-state index < -0.39 is 0 Å². The molecule has 0 saturated carbocycles. The highest BCUT2D eigenvalue weighted by atomic mass is 16.5. The van der Waals surface area contributed by atoms with Gasteiger partial charge in [-0.25, -0.2) is 0 Å². The highest BCUT2D eigenvalue weighted by molar-refractivity contribution is 5.73. The van der Waals surface area contributed by atoms with Crippen LogP contribution in [0.25, 0.3) is 0 Å². The molecule has 0 aromatic carbocycles. The lowest BCUT2D eigenvalue weighted by molar-refractivity contribution is -0.141. The average Bonchev–Trinajstić information content (AvgIpc) is 1.94. The first-order valence-electron chi connectivity index (χ1n) is 4.01. The van der Waals surface area contributed by atoms with Gasteiger partial charge in [-0.3, -0.25) is 4.79 Å². The molecule has 0 N–H and O–H groups in total. The van der Waals surface area contributed by atoms with Crippen LogP contribution in [0, 0.1) is 0 Å². The van der Waals surface area contributed by atoms with E-state index in [1.54, 1.807) is 6.92 Å². The lowest BCUT2D eigenvalue weighted by Crippen LogP contribution is -2.50. The van der Waals surface area contributed by atoms with Crippen molar-refractivity contribution in [3.63, 3.8) is 0 Å². The Kier molecular flexibility index (Phi) is 2.49. The first-order chi connectivity index (χ1) is 5.13. The molecule has 1 aliphatic heterocycles. The van der Waals surface area contributed by atoms with Crippen molar-refractivity contribution in [2.75, 3.05) is 13.2 Å². The number of ether oxygens (including phenoxy) is 1. The summed E-state index contributed by atoms with van der Waals surface area (Å²) in [5, 5.41) is 0. The molecule has 3 nitrogen and oxygen atoms in total. The van der Waals surface area contributed by atoms with Crippen LogP contribution in [0.4, 0.5) is 0 Å². The van der Waals surface area contributed by atoms with Gasteiger partial charge in [-0.1, -0.05) is 0 Å². The molecule has 0 aliphatic carbocycles. The average molecular weight is 157 g/mol. The molecule has 2 atom stereocenters. The molecule has 0 aromatic heterocycles. The van der Waals surface area contributed by atoms with Gasteiger partial charge >= 0.3 is 0 Å². The van der Waals surface area contributed by atoms with Crippen molar-refractivity contribution in [1.82, 2.24) is 4.90 Å². The van der Waals surface area contributed by atoms with Gasteiger partial charge in [0.25, 0.3) is 0 Å². The van der Waals surface area contributed by atoms with Crippen molar-refractivity contribution in [2.45, 2.75) is 32.9 Å². The van der Waals surface area contributed by atoms with Crippen molar-refractivity contribution < 1.29 is 9.53 Å². The number of nitrogens with zero attached hydrogens (tertiary/aromatic N) is 1. The van der Waals surface area contributed by atoms with E-state index in [0.29, 0.717) is 6.61 Å². The number of rotatable bonds is 0. The molecule has 1 amide bonds. The van der Waals surface area contributed by atoms with E-state index in [1.807, 2.05) is 18.7 Å². The minimum Gasteiger partial charge on any atom is -0.375 e. The molecule has 0 bridgehead atoms. The van der Waals surface area contributed by atoms with E-state index in [2.05, 4.69) is 0 Å². The van der Waals surface area contributed by atoms with E-state index in [4.69, 9.17) is 4.74 Å². The molecule has 0 aromatic rings. The van der Waals surface area contributed by atoms with Crippen LogP contribution in [0.3, 0.4) is 0 Å². The summed E-state index contributed by atoms with van der Waals surface area (Å²) in [5.41, 5.74) is 0. The third-order valence-electron chi connectivity index (χ3n) is 2.29. The third-order valence-corrected chi connectivity index (χ3v) is 2.29. The Morgan fingerprint density at radius 3 is 2.64 bits per heavy atom. The summed E-state index contributed by atoms with van der Waals surface area (Å²) in [7, 11) is 0. The number of carbonyl (C=O) groups excluding carboxylic acids is 1. The highest BCUT2D eigenvalue weighted by Gasteiger charge is 2.26. The molecular weight excluding hydrogens is 142 g/mol. The maximum Gasteiger partial charge on any atom is 0.219 e. The minimum absolute atomic E-state index is 0.146. The van der Waals surface area contributed by atoms with Gasteiger partial charge in [-0.15, -0.1) is 0 Å². The number of morpholine rings is 1. The van der Waals surface area contributed by atoms with E-state index >= 15 is 0 Å². The molecule has 0 spiro atoms. The largest absolute Gasteiger partial charge is 0.375 e. The maximum atomic E-state index is 11.0. The maximum absolute atomic E-state index is 11.0. The number of amides is 1. The molecule has 11 heavy (non-hydrogen) atoms. The molecule has 1 aliphatic rings. The normalized spacial score (nSPS) is 32.1. The fourth-order valence-corrected chi connectivity index (χ4v) is 1.38. The summed E-state index contributed by atoms with van der Waals surface area (Å²) in [4.78, 5) is 12.9. The van der Waals surface area contributed by atoms with Crippen LogP contribution in [0.1, 0.15) is 20.8 Å². The van der Waals surface area contributed by atoms with Crippen molar-refractivity contribution in [1.29, 1.82) is 0 Å². The predicted octanol–water partition coefficient (Wildman–Crippen LogP) is 0.642. The Balaban J connectivity index is 2.58. The zero-order valence-corrected chi connectivity index (χ0v) is 7.33. The fourth-order valence-electron chi connectivity index (χ4n) is 1.38. The Morgan fingerprint density at radius 2 is 2.18 bits per heavy atom. The third kappa shape index (κ3) is 1.71. The van der Waals surface area contributed by atoms with E-state index in [0.717, 1.165) is 6.54 Å². The second-order valence-electron chi connectivity index (χ2n) is 3.03. The molecule has 1 rings (SSSR count). The van der Waals surface area contributed by atoms with Gasteiger partial charge in [0.1, 0.15) is 0 Å². The van der Waals surface area contributed by atoms with Gasteiger partial charge in [0.05, 0.1) is 18.8 Å². The van der Waals surface area contributed by atoms with E-state index in [-0.39, 0.29) is 18.1 Å². The molecule has 0 radical (unpaired) electrons. The topological polar surface area (TPSA) is 29.5 Å². The van der Waals surface area contributed by atoms with Gasteiger partial charge < -0.3 is 9.64 Å². The zero-order valence-electron chi connectivity index (χ0n) is 7.33. The fraction of sp³-hybridized carbons (Fsp3) is 0.875. The highest BCUT2D eigenvalue weighted by Crippen LogP contribution is 2.12. The van der Waals surface area contributed by atoms with Crippen LogP contribution in [0.15, 0.2) is 0 Å². The Labute approximate surface area is 67.3 Å². The molecule has 64 valence electrons. The SMILES string of the molecule is CC(=O)N1CCO[C@H](C)[C@@H]1C. The van der Waals surface area contributed by atoms with E-state index in [1.165, 1.54) is 0 Å². The van der Waals surface area contributed by atoms with Gasteiger partial charge in [0, 0.05) is 13.5 Å². The second kappa shape index (κ2) is 3.22. The van der Waals surface area contributed by atoms with E-state index in [9.17, 15) is 4.79 Å². The van der Waals surface area contributed by atoms with Crippen LogP contribution in [0.5, 0.6) is 0 Å². The smallest absolute Gasteiger partial charge is 0.219 e. The van der Waals surface area contributed by atoms with Gasteiger partial charge in [-0.2, -0.15) is 0 Å². The summed E-state index contributed by atoms with van der Waals surface area (Å²) in [6.45, 7) is 7.03. The summed E-state index contributed by atoms with van der Waals surface area (Å²) >= 11 is 0. The van der Waals surface area contributed by atoms with Gasteiger partial charge in [-0.05, 0) is 13.8 Å². The minimum atomic E-state index is 0.146. The standard InChI is InChI=1S/C8H15NO2/c1-6-7(2)11-5-4-9(6)8(3)10/h6-7H,4-5H2,1-3H3/t6-,7+/m0/s1. The number of hydrogen-bond acceptors (Lipinski definition) is 2. The quantitative estimate of drug-likeness (QED) is 0.516. The summed E-state index contributed by atoms with van der Waals surface area (Å²) in [6, 6.07) is 0.223. The van der Waals surface area contributed by atoms with Crippen LogP contribution >= 0.6 is 0 Å². The molecule has 1 saturated heterocycles. The van der Waals surface area contributed by atoms with Crippen molar-refractivity contribution >= 4 is 5.91 Å². The van der Waals surface area contributed by atoms with Crippen LogP contribution < -0.4 is 0 Å².